The van der Waals surface area contributed by atoms with Gasteiger partial charge in [-0.3, -0.25) is 10.1 Å². The molecule has 7 heteroatoms. The lowest BCUT2D eigenvalue weighted by Crippen LogP contribution is -2.22. The molecule has 0 bridgehead atoms. The van der Waals surface area contributed by atoms with Gasteiger partial charge in [0.15, 0.2) is 9.84 Å². The first-order valence-electron chi connectivity index (χ1n) is 6.84. The van der Waals surface area contributed by atoms with Gasteiger partial charge in [-0.25, -0.2) is 8.42 Å². The zero-order chi connectivity index (χ0) is 16.3. The Bertz CT molecular complexity index is 761. The lowest BCUT2D eigenvalue weighted by atomic mass is 10.1. The number of amides is 1. The van der Waals surface area contributed by atoms with Gasteiger partial charge in [-0.05, 0) is 25.0 Å². The largest absolute Gasteiger partial charge is 0.338 e. The van der Waals surface area contributed by atoms with Crippen molar-refractivity contribution in [2.75, 3.05) is 11.1 Å². The van der Waals surface area contributed by atoms with E-state index in [1.54, 1.807) is 18.2 Å². The highest BCUT2D eigenvalue weighted by Gasteiger charge is 2.20. The Labute approximate surface area is 129 Å². The minimum Gasteiger partial charge on any atom is -0.338 e. The molecule has 6 nitrogen and oxygen atoms in total. The van der Waals surface area contributed by atoms with E-state index in [-0.39, 0.29) is 16.7 Å². The van der Waals surface area contributed by atoms with E-state index < -0.39 is 21.5 Å². The number of hydrogen-bond acceptors (Lipinski definition) is 5. The number of anilines is 1. The van der Waals surface area contributed by atoms with Crippen LogP contribution in [-0.4, -0.2) is 25.2 Å². The SMILES string of the molecule is Cc1ccc(S(=O)(=O)CC(=O)Nc2cc(C(C)C)no2)cc1. The minimum absolute atomic E-state index is 0.119. The van der Waals surface area contributed by atoms with Crippen molar-refractivity contribution in [3.63, 3.8) is 0 Å². The van der Waals surface area contributed by atoms with Crippen LogP contribution in [0.5, 0.6) is 0 Å². The maximum atomic E-state index is 12.2. The van der Waals surface area contributed by atoms with E-state index in [0.717, 1.165) is 5.56 Å². The molecule has 22 heavy (non-hydrogen) atoms. The number of nitrogens with zero attached hydrogens (tertiary/aromatic N) is 1. The van der Waals surface area contributed by atoms with E-state index in [9.17, 15) is 13.2 Å². The smallest absolute Gasteiger partial charge is 0.242 e. The predicted molar refractivity (Wildman–Crippen MR) is 82.5 cm³/mol. The van der Waals surface area contributed by atoms with Gasteiger partial charge in [0.25, 0.3) is 0 Å². The van der Waals surface area contributed by atoms with Crippen LogP contribution in [0.25, 0.3) is 0 Å². The van der Waals surface area contributed by atoms with Gasteiger partial charge in [-0.2, -0.15) is 0 Å². The molecule has 0 aliphatic rings. The number of rotatable bonds is 5. The summed E-state index contributed by atoms with van der Waals surface area (Å²) in [4.78, 5) is 12.0. The number of aryl methyl sites for hydroxylation is 1. The number of carbonyl (C=O) groups is 1. The number of sulfone groups is 1. The van der Waals surface area contributed by atoms with Crippen molar-refractivity contribution in [1.82, 2.24) is 5.16 Å². The molecule has 2 aromatic rings. The Kier molecular flexibility index (Phi) is 4.65. The molecular formula is C15H18N2O4S. The molecule has 0 atom stereocenters. The van der Waals surface area contributed by atoms with Crippen LogP contribution in [0.1, 0.15) is 31.0 Å². The molecule has 0 radical (unpaired) electrons. The molecule has 0 saturated heterocycles. The number of aromatic nitrogens is 1. The van der Waals surface area contributed by atoms with Gasteiger partial charge in [-0.1, -0.05) is 36.7 Å². The molecule has 1 aromatic heterocycles. The Morgan fingerprint density at radius 2 is 1.91 bits per heavy atom. The Balaban J connectivity index is 2.05. The van der Waals surface area contributed by atoms with Crippen molar-refractivity contribution < 1.29 is 17.7 Å². The summed E-state index contributed by atoms with van der Waals surface area (Å²) in [5, 5.41) is 6.20. The van der Waals surface area contributed by atoms with Gasteiger partial charge in [-0.15, -0.1) is 0 Å². The summed E-state index contributed by atoms with van der Waals surface area (Å²) in [6, 6.07) is 7.94. The molecule has 0 fully saturated rings. The molecule has 1 amide bonds. The van der Waals surface area contributed by atoms with Crippen LogP contribution in [-0.2, 0) is 14.6 Å². The van der Waals surface area contributed by atoms with Crippen molar-refractivity contribution in [2.24, 2.45) is 0 Å². The molecular weight excluding hydrogens is 304 g/mol. The first kappa shape index (κ1) is 16.2. The topological polar surface area (TPSA) is 89.3 Å². The van der Waals surface area contributed by atoms with E-state index in [0.29, 0.717) is 5.69 Å². The lowest BCUT2D eigenvalue weighted by Gasteiger charge is -2.04. The van der Waals surface area contributed by atoms with Crippen molar-refractivity contribution >= 4 is 21.6 Å². The van der Waals surface area contributed by atoms with Crippen LogP contribution in [0.2, 0.25) is 0 Å². The summed E-state index contributed by atoms with van der Waals surface area (Å²) in [5.41, 5.74) is 1.64. The molecule has 0 unspecified atom stereocenters. The van der Waals surface area contributed by atoms with E-state index in [4.69, 9.17) is 4.52 Å². The normalized spacial score (nSPS) is 11.6. The molecule has 1 N–H and O–H groups in total. The molecule has 0 spiro atoms. The standard InChI is InChI=1S/C15H18N2O4S/c1-10(2)13-8-15(21-17-13)16-14(18)9-22(19,20)12-6-4-11(3)5-7-12/h4-8,10H,9H2,1-3H3,(H,16,18). The van der Waals surface area contributed by atoms with Gasteiger partial charge in [0.2, 0.25) is 11.8 Å². The molecule has 118 valence electrons. The van der Waals surface area contributed by atoms with Crippen LogP contribution in [0.4, 0.5) is 5.88 Å². The highest BCUT2D eigenvalue weighted by Crippen LogP contribution is 2.18. The lowest BCUT2D eigenvalue weighted by molar-refractivity contribution is -0.114. The van der Waals surface area contributed by atoms with E-state index >= 15 is 0 Å². The van der Waals surface area contributed by atoms with Gasteiger partial charge in [0, 0.05) is 6.07 Å². The zero-order valence-corrected chi connectivity index (χ0v) is 13.5. The molecule has 1 aromatic carbocycles. The van der Waals surface area contributed by atoms with Crippen molar-refractivity contribution in [1.29, 1.82) is 0 Å². The maximum Gasteiger partial charge on any atom is 0.242 e. The zero-order valence-electron chi connectivity index (χ0n) is 12.7. The second-order valence-corrected chi connectivity index (χ2v) is 7.38. The van der Waals surface area contributed by atoms with Crippen molar-refractivity contribution in [3.8, 4) is 0 Å². The van der Waals surface area contributed by atoms with Crippen LogP contribution >= 0.6 is 0 Å². The summed E-state index contributed by atoms with van der Waals surface area (Å²) in [6.45, 7) is 5.73. The van der Waals surface area contributed by atoms with Crippen LogP contribution < -0.4 is 5.32 Å². The summed E-state index contributed by atoms with van der Waals surface area (Å²) in [5.74, 6) is -1.00. The molecule has 0 aliphatic heterocycles. The van der Waals surface area contributed by atoms with E-state index in [2.05, 4.69) is 10.5 Å². The second kappa shape index (κ2) is 6.31. The van der Waals surface area contributed by atoms with Gasteiger partial charge in [0.1, 0.15) is 5.75 Å². The van der Waals surface area contributed by atoms with Crippen molar-refractivity contribution in [3.05, 3.63) is 41.6 Å². The number of nitrogens with one attached hydrogen (secondary N) is 1. The average molecular weight is 322 g/mol. The fraction of sp³-hybridized carbons (Fsp3) is 0.333. The fourth-order valence-electron chi connectivity index (χ4n) is 1.79. The Morgan fingerprint density at radius 1 is 1.27 bits per heavy atom. The van der Waals surface area contributed by atoms with Gasteiger partial charge in [0.05, 0.1) is 10.6 Å². The summed E-state index contributed by atoms with van der Waals surface area (Å²) in [6.07, 6.45) is 0. The maximum absolute atomic E-state index is 12.2. The second-order valence-electron chi connectivity index (χ2n) is 5.39. The Hall–Kier alpha value is -2.15. The first-order chi connectivity index (χ1) is 10.3. The number of benzene rings is 1. The number of hydrogen-bond donors (Lipinski definition) is 1. The fourth-order valence-corrected chi connectivity index (χ4v) is 2.93. The molecule has 2 rings (SSSR count). The quantitative estimate of drug-likeness (QED) is 0.913. The highest BCUT2D eigenvalue weighted by atomic mass is 32.2. The molecule has 0 saturated carbocycles. The average Bonchev–Trinajstić information content (AvgIpc) is 2.87. The molecule has 1 heterocycles. The Morgan fingerprint density at radius 3 is 2.45 bits per heavy atom. The van der Waals surface area contributed by atoms with Gasteiger partial charge < -0.3 is 4.52 Å². The summed E-state index contributed by atoms with van der Waals surface area (Å²) >= 11 is 0. The van der Waals surface area contributed by atoms with E-state index in [1.807, 2.05) is 20.8 Å². The third-order valence-corrected chi connectivity index (χ3v) is 4.72. The van der Waals surface area contributed by atoms with Crippen LogP contribution in [0.15, 0.2) is 39.8 Å². The predicted octanol–water partition coefficient (Wildman–Crippen LogP) is 2.52. The third kappa shape index (κ3) is 3.94. The number of carbonyl (C=O) groups excluding carboxylic acids is 1. The monoisotopic (exact) mass is 322 g/mol. The van der Waals surface area contributed by atoms with Crippen LogP contribution in [0, 0.1) is 6.92 Å². The summed E-state index contributed by atoms with van der Waals surface area (Å²) < 4.78 is 29.3. The van der Waals surface area contributed by atoms with Crippen LogP contribution in [0.3, 0.4) is 0 Å². The highest BCUT2D eigenvalue weighted by molar-refractivity contribution is 7.92. The molecule has 0 aliphatic carbocycles. The third-order valence-electron chi connectivity index (χ3n) is 3.08. The first-order valence-corrected chi connectivity index (χ1v) is 8.49. The minimum atomic E-state index is -3.68. The van der Waals surface area contributed by atoms with E-state index in [1.165, 1.54) is 12.1 Å². The summed E-state index contributed by atoms with van der Waals surface area (Å²) in [7, 11) is -3.68. The van der Waals surface area contributed by atoms with Crippen molar-refractivity contribution in [2.45, 2.75) is 31.6 Å². The van der Waals surface area contributed by atoms with Gasteiger partial charge >= 0.3 is 0 Å².